The molecule has 4 heteroatoms. The van der Waals surface area contributed by atoms with Crippen molar-refractivity contribution in [2.45, 2.75) is 40.1 Å². The summed E-state index contributed by atoms with van der Waals surface area (Å²) in [5.41, 5.74) is 3.23. The van der Waals surface area contributed by atoms with E-state index < -0.39 is 0 Å². The summed E-state index contributed by atoms with van der Waals surface area (Å²) in [4.78, 5) is 9.02. The Kier molecular flexibility index (Phi) is 3.13. The molecule has 2 heterocycles. The van der Waals surface area contributed by atoms with E-state index >= 15 is 0 Å². The molecule has 0 aromatic carbocycles. The number of pyridine rings is 1. The second-order valence-corrected chi connectivity index (χ2v) is 5.88. The fourth-order valence-corrected chi connectivity index (χ4v) is 2.13. The summed E-state index contributed by atoms with van der Waals surface area (Å²) < 4.78 is 2.13. The van der Waals surface area contributed by atoms with Crippen molar-refractivity contribution in [1.82, 2.24) is 14.5 Å². The van der Waals surface area contributed by atoms with Crippen LogP contribution >= 0.6 is 11.6 Å². The SMILES string of the molecule is Cc1ccnc2c1nc(CCl)n2CC(C)(C)C. The van der Waals surface area contributed by atoms with Crippen LogP contribution in [-0.2, 0) is 12.4 Å². The summed E-state index contributed by atoms with van der Waals surface area (Å²) in [5.74, 6) is 1.32. The Morgan fingerprint density at radius 1 is 1.35 bits per heavy atom. The van der Waals surface area contributed by atoms with Gasteiger partial charge in [0.1, 0.15) is 11.3 Å². The van der Waals surface area contributed by atoms with Gasteiger partial charge in [0.25, 0.3) is 0 Å². The highest BCUT2D eigenvalue weighted by Gasteiger charge is 2.18. The van der Waals surface area contributed by atoms with Gasteiger partial charge in [-0.1, -0.05) is 20.8 Å². The molecule has 0 aliphatic rings. The average molecular weight is 252 g/mol. The third kappa shape index (κ3) is 2.44. The van der Waals surface area contributed by atoms with Crippen LogP contribution in [0, 0.1) is 12.3 Å². The zero-order valence-electron chi connectivity index (χ0n) is 10.8. The molecular formula is C13H18ClN3. The molecule has 0 aliphatic heterocycles. The first-order valence-electron chi connectivity index (χ1n) is 5.79. The second kappa shape index (κ2) is 4.30. The number of hydrogen-bond donors (Lipinski definition) is 0. The number of aryl methyl sites for hydroxylation is 1. The van der Waals surface area contributed by atoms with Crippen molar-refractivity contribution in [3.8, 4) is 0 Å². The van der Waals surface area contributed by atoms with Gasteiger partial charge in [0.15, 0.2) is 5.65 Å². The Labute approximate surface area is 107 Å². The number of fused-ring (bicyclic) bond motifs is 1. The van der Waals surface area contributed by atoms with E-state index in [1.807, 2.05) is 12.3 Å². The van der Waals surface area contributed by atoms with Gasteiger partial charge >= 0.3 is 0 Å². The average Bonchev–Trinajstić information content (AvgIpc) is 2.56. The molecule has 2 rings (SSSR count). The maximum absolute atomic E-state index is 5.97. The van der Waals surface area contributed by atoms with Gasteiger partial charge in [0.05, 0.1) is 5.88 Å². The Balaban J connectivity index is 2.63. The summed E-state index contributed by atoms with van der Waals surface area (Å²) in [7, 11) is 0. The highest BCUT2D eigenvalue weighted by atomic mass is 35.5. The van der Waals surface area contributed by atoms with E-state index in [-0.39, 0.29) is 5.41 Å². The van der Waals surface area contributed by atoms with Crippen LogP contribution in [0.25, 0.3) is 11.2 Å². The van der Waals surface area contributed by atoms with Crippen LogP contribution in [0.3, 0.4) is 0 Å². The van der Waals surface area contributed by atoms with Crippen LogP contribution < -0.4 is 0 Å². The zero-order chi connectivity index (χ0) is 12.6. The van der Waals surface area contributed by atoms with E-state index in [0.717, 1.165) is 29.1 Å². The summed E-state index contributed by atoms with van der Waals surface area (Å²) in [6.07, 6.45) is 1.83. The molecule has 0 saturated carbocycles. The van der Waals surface area contributed by atoms with E-state index in [0.29, 0.717) is 5.88 Å². The van der Waals surface area contributed by atoms with Gasteiger partial charge in [-0.15, -0.1) is 11.6 Å². The van der Waals surface area contributed by atoms with Gasteiger partial charge in [-0.25, -0.2) is 9.97 Å². The topological polar surface area (TPSA) is 30.7 Å². The predicted molar refractivity (Wildman–Crippen MR) is 71.3 cm³/mol. The number of hydrogen-bond acceptors (Lipinski definition) is 2. The highest BCUT2D eigenvalue weighted by Crippen LogP contribution is 2.24. The molecular weight excluding hydrogens is 234 g/mol. The third-order valence-electron chi connectivity index (χ3n) is 2.67. The highest BCUT2D eigenvalue weighted by molar-refractivity contribution is 6.16. The van der Waals surface area contributed by atoms with Crippen molar-refractivity contribution in [2.75, 3.05) is 0 Å². The van der Waals surface area contributed by atoms with E-state index in [1.165, 1.54) is 0 Å². The molecule has 0 aliphatic carbocycles. The van der Waals surface area contributed by atoms with Gasteiger partial charge in [-0.3, -0.25) is 0 Å². The Morgan fingerprint density at radius 3 is 2.65 bits per heavy atom. The summed E-state index contributed by atoms with van der Waals surface area (Å²) >= 11 is 5.97. The normalized spacial score (nSPS) is 12.3. The molecule has 3 nitrogen and oxygen atoms in total. The first-order chi connectivity index (χ1) is 7.92. The van der Waals surface area contributed by atoms with Crippen LogP contribution in [0.1, 0.15) is 32.2 Å². The maximum atomic E-state index is 5.97. The molecule has 17 heavy (non-hydrogen) atoms. The lowest BCUT2D eigenvalue weighted by Crippen LogP contribution is -2.17. The first-order valence-corrected chi connectivity index (χ1v) is 6.32. The zero-order valence-corrected chi connectivity index (χ0v) is 11.5. The van der Waals surface area contributed by atoms with Crippen molar-refractivity contribution in [2.24, 2.45) is 5.41 Å². The number of rotatable bonds is 2. The van der Waals surface area contributed by atoms with Crippen LogP contribution in [0.15, 0.2) is 12.3 Å². The van der Waals surface area contributed by atoms with Crippen molar-refractivity contribution >= 4 is 22.8 Å². The smallest absolute Gasteiger partial charge is 0.160 e. The lowest BCUT2D eigenvalue weighted by Gasteiger charge is -2.20. The van der Waals surface area contributed by atoms with Crippen LogP contribution in [-0.4, -0.2) is 14.5 Å². The Bertz CT molecular complexity index is 537. The van der Waals surface area contributed by atoms with Gasteiger partial charge in [-0.2, -0.15) is 0 Å². The van der Waals surface area contributed by atoms with E-state index in [4.69, 9.17) is 11.6 Å². The molecule has 0 unspecified atom stereocenters. The van der Waals surface area contributed by atoms with E-state index in [1.54, 1.807) is 0 Å². The van der Waals surface area contributed by atoms with Gasteiger partial charge < -0.3 is 4.57 Å². The molecule has 2 aromatic heterocycles. The molecule has 0 radical (unpaired) electrons. The maximum Gasteiger partial charge on any atom is 0.160 e. The monoisotopic (exact) mass is 251 g/mol. The standard InChI is InChI=1S/C13H18ClN3/c1-9-5-6-15-12-11(9)16-10(7-14)17(12)8-13(2,3)4/h5-6H,7-8H2,1-4H3. The summed E-state index contributed by atoms with van der Waals surface area (Å²) in [5, 5.41) is 0. The molecule has 0 spiro atoms. The number of aromatic nitrogens is 3. The minimum atomic E-state index is 0.180. The van der Waals surface area contributed by atoms with Crippen molar-refractivity contribution in [3.05, 3.63) is 23.7 Å². The van der Waals surface area contributed by atoms with Crippen LogP contribution in [0.4, 0.5) is 0 Å². The van der Waals surface area contributed by atoms with Crippen LogP contribution in [0.5, 0.6) is 0 Å². The fraction of sp³-hybridized carbons (Fsp3) is 0.538. The van der Waals surface area contributed by atoms with Crippen molar-refractivity contribution in [3.63, 3.8) is 0 Å². The molecule has 0 atom stereocenters. The van der Waals surface area contributed by atoms with E-state index in [2.05, 4.69) is 42.2 Å². The molecule has 0 amide bonds. The van der Waals surface area contributed by atoms with Gasteiger partial charge in [0, 0.05) is 12.7 Å². The van der Waals surface area contributed by atoms with Gasteiger partial charge in [0.2, 0.25) is 0 Å². The van der Waals surface area contributed by atoms with Crippen LogP contribution in [0.2, 0.25) is 0 Å². The largest absolute Gasteiger partial charge is 0.311 e. The van der Waals surface area contributed by atoms with Crippen molar-refractivity contribution in [1.29, 1.82) is 0 Å². The van der Waals surface area contributed by atoms with Crippen molar-refractivity contribution < 1.29 is 0 Å². The third-order valence-corrected chi connectivity index (χ3v) is 2.91. The fourth-order valence-electron chi connectivity index (χ4n) is 1.93. The molecule has 0 N–H and O–H groups in total. The number of imidazole rings is 1. The minimum absolute atomic E-state index is 0.180. The lowest BCUT2D eigenvalue weighted by atomic mass is 9.97. The molecule has 0 bridgehead atoms. The molecule has 2 aromatic rings. The molecule has 0 fully saturated rings. The second-order valence-electron chi connectivity index (χ2n) is 5.61. The Hall–Kier alpha value is -1.09. The first kappa shape index (κ1) is 12.4. The summed E-state index contributed by atoms with van der Waals surface area (Å²) in [6, 6.07) is 1.98. The lowest BCUT2D eigenvalue weighted by molar-refractivity contribution is 0.343. The summed E-state index contributed by atoms with van der Waals surface area (Å²) in [6.45, 7) is 9.53. The Morgan fingerprint density at radius 2 is 2.06 bits per heavy atom. The van der Waals surface area contributed by atoms with E-state index in [9.17, 15) is 0 Å². The van der Waals surface area contributed by atoms with Gasteiger partial charge in [-0.05, 0) is 24.0 Å². The quantitative estimate of drug-likeness (QED) is 0.765. The molecule has 92 valence electrons. The number of alkyl halides is 1. The number of halogens is 1. The predicted octanol–water partition coefficient (Wildman–Crippen LogP) is 3.52. The minimum Gasteiger partial charge on any atom is -0.311 e. The number of nitrogens with zero attached hydrogens (tertiary/aromatic N) is 3. The molecule has 0 saturated heterocycles.